The first kappa shape index (κ1) is 15.9. The van der Waals surface area contributed by atoms with Crippen LogP contribution in [0.5, 0.6) is 5.75 Å². The summed E-state index contributed by atoms with van der Waals surface area (Å²) in [6, 6.07) is 20.7. The number of benzene rings is 2. The maximum absolute atomic E-state index is 6.01. The van der Waals surface area contributed by atoms with Crippen LogP contribution < -0.4 is 4.74 Å². The van der Waals surface area contributed by atoms with Gasteiger partial charge in [0.2, 0.25) is 0 Å². The van der Waals surface area contributed by atoms with E-state index in [2.05, 4.69) is 64.3 Å². The molecule has 4 nitrogen and oxygen atoms in total. The van der Waals surface area contributed by atoms with Crippen molar-refractivity contribution in [3.8, 4) is 11.4 Å². The topological polar surface area (TPSA) is 26.6 Å². The summed E-state index contributed by atoms with van der Waals surface area (Å²) in [5.74, 6) is 0.859. The number of hydrogen-bond acceptors (Lipinski definition) is 3. The Balaban J connectivity index is 1.56. The predicted octanol–water partition coefficient (Wildman–Crippen LogP) is 4.02. The fourth-order valence-corrected chi connectivity index (χ4v) is 3.34. The van der Waals surface area contributed by atoms with E-state index in [0.717, 1.165) is 31.1 Å². The molecule has 0 radical (unpaired) electrons. The van der Waals surface area contributed by atoms with Gasteiger partial charge in [0.25, 0.3) is 0 Å². The van der Waals surface area contributed by atoms with Crippen molar-refractivity contribution >= 4 is 0 Å². The third-order valence-electron chi connectivity index (χ3n) is 4.58. The average Bonchev–Trinajstić information content (AvgIpc) is 3.31. The van der Waals surface area contributed by atoms with E-state index < -0.39 is 0 Å². The first-order valence-corrected chi connectivity index (χ1v) is 8.56. The molecule has 128 valence electrons. The molecule has 0 unspecified atom stereocenters. The molecular formula is C21H22N2O2. The third kappa shape index (κ3) is 3.31. The minimum absolute atomic E-state index is 0.00355. The van der Waals surface area contributed by atoms with Gasteiger partial charge in [0.1, 0.15) is 12.0 Å². The van der Waals surface area contributed by atoms with E-state index in [1.54, 1.807) is 7.11 Å². The van der Waals surface area contributed by atoms with Crippen molar-refractivity contribution in [3.05, 3.63) is 84.2 Å². The zero-order chi connectivity index (χ0) is 17.1. The zero-order valence-corrected chi connectivity index (χ0v) is 14.3. The maximum atomic E-state index is 6.01. The van der Waals surface area contributed by atoms with Gasteiger partial charge < -0.3 is 14.0 Å². The highest BCUT2D eigenvalue weighted by Gasteiger charge is 2.27. The lowest BCUT2D eigenvalue weighted by Gasteiger charge is -2.22. The van der Waals surface area contributed by atoms with Crippen LogP contribution in [0.4, 0.5) is 0 Å². The Labute approximate surface area is 148 Å². The van der Waals surface area contributed by atoms with Gasteiger partial charge in [0, 0.05) is 31.0 Å². The van der Waals surface area contributed by atoms with Gasteiger partial charge in [0.15, 0.2) is 0 Å². The molecule has 1 aromatic heterocycles. The number of ether oxygens (including phenoxy) is 2. The van der Waals surface area contributed by atoms with Crippen LogP contribution >= 0.6 is 0 Å². The number of aromatic nitrogens is 1. The molecule has 3 aromatic rings. The van der Waals surface area contributed by atoms with Crippen LogP contribution in [-0.4, -0.2) is 29.7 Å². The normalized spacial score (nSPS) is 17.7. The van der Waals surface area contributed by atoms with Crippen LogP contribution in [0.25, 0.3) is 5.69 Å². The molecule has 1 atom stereocenters. The average molecular weight is 334 g/mol. The Hall–Kier alpha value is -2.56. The fraction of sp³-hybridized carbons (Fsp3) is 0.238. The van der Waals surface area contributed by atoms with Crippen LogP contribution in [-0.2, 0) is 11.3 Å². The Morgan fingerprint density at radius 2 is 1.84 bits per heavy atom. The van der Waals surface area contributed by atoms with Crippen LogP contribution in [0, 0.1) is 0 Å². The number of nitrogens with zero attached hydrogens (tertiary/aromatic N) is 2. The third-order valence-corrected chi connectivity index (χ3v) is 4.58. The van der Waals surface area contributed by atoms with Crippen molar-refractivity contribution in [1.82, 2.24) is 9.47 Å². The molecule has 1 saturated heterocycles. The van der Waals surface area contributed by atoms with Gasteiger partial charge in [-0.2, -0.15) is 0 Å². The fourth-order valence-electron chi connectivity index (χ4n) is 3.34. The highest BCUT2D eigenvalue weighted by atomic mass is 16.5. The second-order valence-electron chi connectivity index (χ2n) is 6.20. The van der Waals surface area contributed by atoms with Crippen LogP contribution in [0.2, 0.25) is 0 Å². The summed E-state index contributed by atoms with van der Waals surface area (Å²) >= 11 is 0. The lowest BCUT2D eigenvalue weighted by molar-refractivity contribution is 0.0288. The van der Waals surface area contributed by atoms with Gasteiger partial charge in [0.05, 0.1) is 19.4 Å². The summed E-state index contributed by atoms with van der Waals surface area (Å²) in [5, 5.41) is 0. The largest absolute Gasteiger partial charge is 0.495 e. The molecule has 0 saturated carbocycles. The maximum Gasteiger partial charge on any atom is 0.142 e. The second kappa shape index (κ2) is 7.13. The summed E-state index contributed by atoms with van der Waals surface area (Å²) in [7, 11) is 1.70. The van der Waals surface area contributed by atoms with E-state index >= 15 is 0 Å². The van der Waals surface area contributed by atoms with Crippen LogP contribution in [0.15, 0.2) is 73.1 Å². The number of hydrogen-bond donors (Lipinski definition) is 0. The molecule has 1 aliphatic heterocycles. The molecule has 0 amide bonds. The number of rotatable bonds is 5. The molecule has 1 fully saturated rings. The first-order chi connectivity index (χ1) is 12.3. The molecular weight excluding hydrogens is 312 g/mol. The van der Waals surface area contributed by atoms with Gasteiger partial charge in [-0.15, -0.1) is 0 Å². The summed E-state index contributed by atoms with van der Waals surface area (Å²) in [6.45, 7) is 2.60. The van der Waals surface area contributed by atoms with Crippen molar-refractivity contribution < 1.29 is 9.47 Å². The molecule has 1 aliphatic rings. The zero-order valence-electron chi connectivity index (χ0n) is 14.3. The molecule has 2 heterocycles. The van der Waals surface area contributed by atoms with E-state index in [-0.39, 0.29) is 6.23 Å². The van der Waals surface area contributed by atoms with Crippen molar-refractivity contribution in [2.75, 3.05) is 20.3 Å². The quantitative estimate of drug-likeness (QED) is 0.705. The van der Waals surface area contributed by atoms with E-state index in [1.165, 1.54) is 11.1 Å². The number of para-hydroxylation sites is 2. The SMILES string of the molecule is COc1ccccc1-n1ccc([C@H]2OCCN2Cc2ccccc2)c1. The smallest absolute Gasteiger partial charge is 0.142 e. The second-order valence-corrected chi connectivity index (χ2v) is 6.20. The lowest BCUT2D eigenvalue weighted by Crippen LogP contribution is -2.23. The molecule has 0 N–H and O–H groups in total. The van der Waals surface area contributed by atoms with Crippen molar-refractivity contribution in [2.45, 2.75) is 12.8 Å². The molecule has 25 heavy (non-hydrogen) atoms. The standard InChI is InChI=1S/C21H22N2O2/c1-24-20-10-6-5-9-19(20)22-12-11-18(16-22)21-23(13-14-25-21)15-17-7-3-2-4-8-17/h2-12,16,21H,13-15H2,1H3/t21-/m1/s1. The molecule has 4 heteroatoms. The van der Waals surface area contributed by atoms with Gasteiger partial charge in [-0.05, 0) is 23.8 Å². The Morgan fingerprint density at radius 1 is 1.04 bits per heavy atom. The lowest BCUT2D eigenvalue weighted by atomic mass is 10.2. The minimum Gasteiger partial charge on any atom is -0.495 e. The van der Waals surface area contributed by atoms with E-state index in [9.17, 15) is 0 Å². The van der Waals surface area contributed by atoms with Crippen molar-refractivity contribution in [3.63, 3.8) is 0 Å². The minimum atomic E-state index is -0.00355. The molecule has 0 aliphatic carbocycles. The summed E-state index contributed by atoms with van der Waals surface area (Å²) < 4.78 is 13.6. The molecule has 0 bridgehead atoms. The first-order valence-electron chi connectivity index (χ1n) is 8.56. The van der Waals surface area contributed by atoms with Gasteiger partial charge >= 0.3 is 0 Å². The van der Waals surface area contributed by atoms with Gasteiger partial charge in [-0.1, -0.05) is 42.5 Å². The molecule has 4 rings (SSSR count). The highest BCUT2D eigenvalue weighted by Crippen LogP contribution is 2.30. The van der Waals surface area contributed by atoms with Crippen molar-refractivity contribution in [1.29, 1.82) is 0 Å². The van der Waals surface area contributed by atoms with Crippen molar-refractivity contribution in [2.24, 2.45) is 0 Å². The highest BCUT2D eigenvalue weighted by molar-refractivity contribution is 5.47. The Kier molecular flexibility index (Phi) is 4.55. The molecule has 2 aromatic carbocycles. The van der Waals surface area contributed by atoms with Crippen LogP contribution in [0.3, 0.4) is 0 Å². The summed E-state index contributed by atoms with van der Waals surface area (Å²) in [4.78, 5) is 2.37. The van der Waals surface area contributed by atoms with E-state index in [4.69, 9.17) is 9.47 Å². The summed E-state index contributed by atoms with van der Waals surface area (Å²) in [5.41, 5.74) is 3.50. The Bertz CT molecular complexity index is 829. The molecule has 0 spiro atoms. The Morgan fingerprint density at radius 3 is 2.68 bits per heavy atom. The van der Waals surface area contributed by atoms with E-state index in [0.29, 0.717) is 0 Å². The number of methoxy groups -OCH3 is 1. The van der Waals surface area contributed by atoms with Crippen LogP contribution in [0.1, 0.15) is 17.4 Å². The predicted molar refractivity (Wildman–Crippen MR) is 97.9 cm³/mol. The monoisotopic (exact) mass is 334 g/mol. The van der Waals surface area contributed by atoms with Gasteiger partial charge in [-0.25, -0.2) is 0 Å². The summed E-state index contributed by atoms with van der Waals surface area (Å²) in [6.07, 6.45) is 4.19. The van der Waals surface area contributed by atoms with Gasteiger partial charge in [-0.3, -0.25) is 4.90 Å². The van der Waals surface area contributed by atoms with E-state index in [1.807, 2.05) is 18.2 Å².